The van der Waals surface area contributed by atoms with Crippen molar-refractivity contribution in [3.63, 3.8) is 0 Å². The molecule has 1 atom stereocenters. The summed E-state index contributed by atoms with van der Waals surface area (Å²) >= 11 is 7.36. The van der Waals surface area contributed by atoms with Gasteiger partial charge in [0.1, 0.15) is 6.61 Å². The Morgan fingerprint density at radius 2 is 1.68 bits per heavy atom. The van der Waals surface area contributed by atoms with Crippen LogP contribution in [-0.2, 0) is 20.9 Å². The number of nitrogens with one attached hydrogen (secondary N) is 2. The first-order valence-electron chi connectivity index (χ1n) is 12.8. The number of dihydropyridines is 1. The first-order chi connectivity index (χ1) is 19.2. The van der Waals surface area contributed by atoms with E-state index in [4.69, 9.17) is 16.3 Å². The third-order valence-corrected chi connectivity index (χ3v) is 7.84. The Hall–Kier alpha value is -3.99. The predicted molar refractivity (Wildman–Crippen MR) is 161 cm³/mol. The number of thioether (sulfide) groups is 1. The van der Waals surface area contributed by atoms with E-state index in [0.29, 0.717) is 26.9 Å². The van der Waals surface area contributed by atoms with Gasteiger partial charge in [-0.2, -0.15) is 5.26 Å². The molecule has 2 N–H and O–H groups in total. The number of aryl methyl sites for hydroxylation is 3. The van der Waals surface area contributed by atoms with Crippen molar-refractivity contribution in [3.8, 4) is 6.07 Å². The molecule has 0 spiro atoms. The van der Waals surface area contributed by atoms with E-state index in [-0.39, 0.29) is 18.3 Å². The van der Waals surface area contributed by atoms with E-state index < -0.39 is 11.9 Å². The molecule has 1 unspecified atom stereocenters. The van der Waals surface area contributed by atoms with Crippen molar-refractivity contribution in [2.75, 3.05) is 11.1 Å². The Morgan fingerprint density at radius 1 is 1.02 bits per heavy atom. The maximum Gasteiger partial charge on any atom is 0.337 e. The Kier molecular flexibility index (Phi) is 9.36. The Balaban J connectivity index is 1.59. The summed E-state index contributed by atoms with van der Waals surface area (Å²) in [5, 5.41) is 17.5. The van der Waals surface area contributed by atoms with Gasteiger partial charge >= 0.3 is 5.97 Å². The van der Waals surface area contributed by atoms with Crippen LogP contribution >= 0.6 is 23.4 Å². The minimum atomic E-state index is -0.682. The van der Waals surface area contributed by atoms with Crippen molar-refractivity contribution < 1.29 is 14.3 Å². The zero-order chi connectivity index (χ0) is 28.8. The van der Waals surface area contributed by atoms with Crippen LogP contribution in [-0.4, -0.2) is 17.6 Å². The number of amides is 1. The molecule has 0 bridgehead atoms. The first kappa shape index (κ1) is 29.0. The Labute approximate surface area is 244 Å². The van der Waals surface area contributed by atoms with Crippen LogP contribution in [0.3, 0.4) is 0 Å². The number of benzene rings is 3. The normalized spacial score (nSPS) is 14.8. The topological polar surface area (TPSA) is 91.2 Å². The summed E-state index contributed by atoms with van der Waals surface area (Å²) < 4.78 is 5.67. The number of rotatable bonds is 8. The summed E-state index contributed by atoms with van der Waals surface area (Å²) in [4.78, 5) is 26.3. The molecule has 3 aromatic rings. The summed E-state index contributed by atoms with van der Waals surface area (Å²) in [6.45, 7) is 7.83. The summed E-state index contributed by atoms with van der Waals surface area (Å²) in [5.74, 6) is -1.31. The standard InChI is InChI=1S/C32H30ClN3O3S/c1-19-14-20(2)30(21(3)15-19)36-27(37)18-40-31-26(16-34)29(24-10-12-25(33)13-11-24)28(22(4)35-31)32(38)39-17-23-8-6-5-7-9-23/h5-15,29,35H,17-18H2,1-4H3,(H,36,37). The maximum absolute atomic E-state index is 13.4. The molecular weight excluding hydrogens is 542 g/mol. The second-order valence-corrected chi connectivity index (χ2v) is 11.1. The number of hydrogen-bond donors (Lipinski definition) is 2. The van der Waals surface area contributed by atoms with E-state index in [1.807, 2.05) is 63.2 Å². The molecule has 3 aromatic carbocycles. The zero-order valence-corrected chi connectivity index (χ0v) is 24.4. The monoisotopic (exact) mass is 571 g/mol. The highest BCUT2D eigenvalue weighted by Gasteiger charge is 2.35. The van der Waals surface area contributed by atoms with Gasteiger partial charge in [-0.3, -0.25) is 4.79 Å². The SMILES string of the molecule is CC1=C(C(=O)OCc2ccccc2)C(c2ccc(Cl)cc2)C(C#N)=C(SCC(=O)Nc2c(C)cc(C)cc2C)N1. The molecule has 0 saturated heterocycles. The van der Waals surface area contributed by atoms with Crippen LogP contribution in [0.25, 0.3) is 0 Å². The molecule has 0 radical (unpaired) electrons. The summed E-state index contributed by atoms with van der Waals surface area (Å²) in [6, 6.07) is 22.8. The van der Waals surface area contributed by atoms with E-state index in [0.717, 1.165) is 33.5 Å². The number of hydrogen-bond acceptors (Lipinski definition) is 6. The van der Waals surface area contributed by atoms with E-state index >= 15 is 0 Å². The number of ether oxygens (including phenoxy) is 1. The van der Waals surface area contributed by atoms with Gasteiger partial charge in [0.05, 0.1) is 33.9 Å². The van der Waals surface area contributed by atoms with Crippen molar-refractivity contribution >= 4 is 40.9 Å². The van der Waals surface area contributed by atoms with Gasteiger partial charge in [0.25, 0.3) is 0 Å². The molecule has 8 heteroatoms. The van der Waals surface area contributed by atoms with Crippen molar-refractivity contribution in [1.29, 1.82) is 5.26 Å². The van der Waals surface area contributed by atoms with Gasteiger partial charge in [-0.05, 0) is 62.1 Å². The van der Waals surface area contributed by atoms with E-state index in [1.54, 1.807) is 31.2 Å². The predicted octanol–water partition coefficient (Wildman–Crippen LogP) is 7.08. The summed E-state index contributed by atoms with van der Waals surface area (Å²) in [6.07, 6.45) is 0. The van der Waals surface area contributed by atoms with Crippen molar-refractivity contribution in [2.45, 2.75) is 40.2 Å². The highest BCUT2D eigenvalue weighted by Crippen LogP contribution is 2.41. The fourth-order valence-electron chi connectivity index (χ4n) is 4.78. The number of anilines is 1. The molecule has 4 rings (SSSR count). The largest absolute Gasteiger partial charge is 0.457 e. The summed E-state index contributed by atoms with van der Waals surface area (Å²) in [7, 11) is 0. The molecule has 0 fully saturated rings. The molecule has 1 aliphatic rings. The van der Waals surface area contributed by atoms with Crippen LogP contribution in [0.15, 0.2) is 88.6 Å². The smallest absolute Gasteiger partial charge is 0.337 e. The van der Waals surface area contributed by atoms with Gasteiger partial charge in [-0.25, -0.2) is 4.79 Å². The van der Waals surface area contributed by atoms with E-state index in [9.17, 15) is 14.9 Å². The molecule has 1 amide bonds. The van der Waals surface area contributed by atoms with Crippen LogP contribution in [0.2, 0.25) is 5.02 Å². The quantitative estimate of drug-likeness (QED) is 0.281. The number of esters is 1. The van der Waals surface area contributed by atoms with Crippen LogP contribution in [0.1, 0.15) is 40.7 Å². The minimum Gasteiger partial charge on any atom is -0.457 e. The molecule has 6 nitrogen and oxygen atoms in total. The molecular formula is C32H30ClN3O3S. The average Bonchev–Trinajstić information content (AvgIpc) is 2.93. The molecule has 40 heavy (non-hydrogen) atoms. The van der Waals surface area contributed by atoms with Gasteiger partial charge in [0.15, 0.2) is 0 Å². The van der Waals surface area contributed by atoms with Gasteiger partial charge in [0, 0.05) is 16.4 Å². The van der Waals surface area contributed by atoms with Crippen molar-refractivity contribution in [1.82, 2.24) is 5.32 Å². The van der Waals surface area contributed by atoms with Crippen LogP contribution in [0.5, 0.6) is 0 Å². The zero-order valence-electron chi connectivity index (χ0n) is 22.8. The van der Waals surface area contributed by atoms with Gasteiger partial charge in [-0.1, -0.05) is 83.5 Å². The number of nitriles is 1. The van der Waals surface area contributed by atoms with Crippen LogP contribution in [0, 0.1) is 32.1 Å². The number of carbonyl (C=O) groups excluding carboxylic acids is 2. The number of allylic oxidation sites excluding steroid dienone is 2. The Morgan fingerprint density at radius 3 is 2.30 bits per heavy atom. The summed E-state index contributed by atoms with van der Waals surface area (Å²) in [5.41, 5.74) is 6.72. The fourth-order valence-corrected chi connectivity index (χ4v) is 5.79. The van der Waals surface area contributed by atoms with E-state index in [1.165, 1.54) is 11.8 Å². The molecule has 204 valence electrons. The molecule has 0 saturated carbocycles. The molecule has 1 heterocycles. The van der Waals surface area contributed by atoms with Crippen LogP contribution < -0.4 is 10.6 Å². The van der Waals surface area contributed by atoms with Gasteiger partial charge in [-0.15, -0.1) is 0 Å². The highest BCUT2D eigenvalue weighted by atomic mass is 35.5. The second-order valence-electron chi connectivity index (χ2n) is 9.68. The Bertz CT molecular complexity index is 1520. The van der Waals surface area contributed by atoms with Crippen molar-refractivity contribution in [2.24, 2.45) is 0 Å². The third-order valence-electron chi connectivity index (χ3n) is 6.57. The number of carbonyl (C=O) groups is 2. The maximum atomic E-state index is 13.4. The lowest BCUT2D eigenvalue weighted by Crippen LogP contribution is -2.29. The number of nitrogens with zero attached hydrogens (tertiary/aromatic N) is 1. The second kappa shape index (κ2) is 12.9. The van der Waals surface area contributed by atoms with Gasteiger partial charge in [0.2, 0.25) is 5.91 Å². The lowest BCUT2D eigenvalue weighted by molar-refractivity contribution is -0.140. The first-order valence-corrected chi connectivity index (χ1v) is 14.1. The highest BCUT2D eigenvalue weighted by molar-refractivity contribution is 8.03. The van der Waals surface area contributed by atoms with Gasteiger partial charge < -0.3 is 15.4 Å². The fraction of sp³-hybridized carbons (Fsp3) is 0.219. The lowest BCUT2D eigenvalue weighted by Gasteiger charge is -2.29. The van der Waals surface area contributed by atoms with Crippen LogP contribution in [0.4, 0.5) is 5.69 Å². The molecule has 1 aliphatic heterocycles. The molecule has 0 aliphatic carbocycles. The van der Waals surface area contributed by atoms with Crippen molar-refractivity contribution in [3.05, 3.63) is 121 Å². The van der Waals surface area contributed by atoms with E-state index in [2.05, 4.69) is 16.7 Å². The molecule has 0 aromatic heterocycles. The lowest BCUT2D eigenvalue weighted by atomic mass is 9.82. The third kappa shape index (κ3) is 6.77. The minimum absolute atomic E-state index is 0.0781. The average molecular weight is 572 g/mol. The number of halogens is 1.